The molecule has 0 amide bonds. The molecule has 0 saturated heterocycles. The van der Waals surface area contributed by atoms with E-state index >= 15 is 0 Å². The molecule has 0 spiro atoms. The van der Waals surface area contributed by atoms with E-state index in [-0.39, 0.29) is 23.4 Å². The van der Waals surface area contributed by atoms with Crippen LogP contribution in [0, 0.1) is 10.1 Å². The van der Waals surface area contributed by atoms with Gasteiger partial charge in [0, 0.05) is 37.6 Å². The maximum Gasteiger partial charge on any atom is 0.339 e. The van der Waals surface area contributed by atoms with Crippen molar-refractivity contribution in [2.24, 2.45) is 0 Å². The summed E-state index contributed by atoms with van der Waals surface area (Å²) in [5, 5.41) is 11.0. The third kappa shape index (κ3) is 5.89. The van der Waals surface area contributed by atoms with Gasteiger partial charge in [-0.1, -0.05) is 38.3 Å². The van der Waals surface area contributed by atoms with Crippen LogP contribution in [0.5, 0.6) is 0 Å². The lowest BCUT2D eigenvalue weighted by atomic mass is 9.98. The SMILES string of the molecule is CCCCCCOC(=O)c1cc(-c2ccc([N+](=O)[O-])cc2)[nH]c(=O)c1-c1ccc(N(C)C)cc1. The Bertz CT molecular complexity index is 1200. The zero-order valence-corrected chi connectivity index (χ0v) is 19.7. The molecule has 0 aliphatic carbocycles. The van der Waals surface area contributed by atoms with Gasteiger partial charge in [0.15, 0.2) is 0 Å². The van der Waals surface area contributed by atoms with Crippen LogP contribution in [-0.2, 0) is 4.74 Å². The van der Waals surface area contributed by atoms with Crippen LogP contribution >= 0.6 is 0 Å². The molecule has 1 heterocycles. The summed E-state index contributed by atoms with van der Waals surface area (Å²) >= 11 is 0. The summed E-state index contributed by atoms with van der Waals surface area (Å²) in [6.45, 7) is 2.38. The number of ether oxygens (including phenoxy) is 1. The van der Waals surface area contributed by atoms with Crippen molar-refractivity contribution in [2.75, 3.05) is 25.6 Å². The first-order chi connectivity index (χ1) is 16.3. The van der Waals surface area contributed by atoms with E-state index in [1.807, 2.05) is 31.1 Å². The third-order valence-electron chi connectivity index (χ3n) is 5.55. The number of non-ortho nitro benzene ring substituents is 1. The molecule has 34 heavy (non-hydrogen) atoms. The predicted octanol–water partition coefficient (Wildman–Crippen LogP) is 5.42. The van der Waals surface area contributed by atoms with Crippen molar-refractivity contribution in [1.82, 2.24) is 4.98 Å². The van der Waals surface area contributed by atoms with Gasteiger partial charge in [0.05, 0.1) is 22.7 Å². The Morgan fingerprint density at radius 3 is 2.24 bits per heavy atom. The quantitative estimate of drug-likeness (QED) is 0.186. The molecule has 178 valence electrons. The van der Waals surface area contributed by atoms with Gasteiger partial charge in [-0.05, 0) is 47.9 Å². The largest absolute Gasteiger partial charge is 0.462 e. The van der Waals surface area contributed by atoms with E-state index in [9.17, 15) is 19.7 Å². The summed E-state index contributed by atoms with van der Waals surface area (Å²) in [6, 6.07) is 14.7. The summed E-state index contributed by atoms with van der Waals surface area (Å²) in [6.07, 6.45) is 3.86. The lowest BCUT2D eigenvalue weighted by Gasteiger charge is -2.14. The highest BCUT2D eigenvalue weighted by atomic mass is 16.6. The maximum absolute atomic E-state index is 13.2. The molecular weight excluding hydrogens is 434 g/mol. The second-order valence-corrected chi connectivity index (χ2v) is 8.24. The summed E-state index contributed by atoms with van der Waals surface area (Å²) in [5.74, 6) is -0.572. The van der Waals surface area contributed by atoms with Crippen LogP contribution in [0.25, 0.3) is 22.4 Å². The van der Waals surface area contributed by atoms with Gasteiger partial charge >= 0.3 is 5.97 Å². The van der Waals surface area contributed by atoms with E-state index < -0.39 is 16.5 Å². The molecular formula is C26H29N3O5. The zero-order valence-electron chi connectivity index (χ0n) is 19.7. The van der Waals surface area contributed by atoms with E-state index in [1.165, 1.54) is 24.3 Å². The number of H-pyrrole nitrogens is 1. The van der Waals surface area contributed by atoms with Crippen molar-refractivity contribution in [3.63, 3.8) is 0 Å². The fraction of sp³-hybridized carbons (Fsp3) is 0.308. The van der Waals surface area contributed by atoms with Gasteiger partial charge in [0.25, 0.3) is 11.2 Å². The van der Waals surface area contributed by atoms with Gasteiger partial charge in [0.1, 0.15) is 0 Å². The number of aromatic amines is 1. The molecule has 0 unspecified atom stereocenters. The number of rotatable bonds is 10. The number of hydrogen-bond acceptors (Lipinski definition) is 6. The number of aromatic nitrogens is 1. The molecule has 1 aromatic heterocycles. The predicted molar refractivity (Wildman–Crippen MR) is 133 cm³/mol. The lowest BCUT2D eigenvalue weighted by molar-refractivity contribution is -0.384. The number of carbonyl (C=O) groups excluding carboxylic acids is 1. The Hall–Kier alpha value is -3.94. The van der Waals surface area contributed by atoms with Crippen molar-refractivity contribution < 1.29 is 14.5 Å². The topological polar surface area (TPSA) is 106 Å². The van der Waals surface area contributed by atoms with Crippen molar-refractivity contribution in [2.45, 2.75) is 32.6 Å². The number of nitro benzene ring substituents is 1. The van der Waals surface area contributed by atoms with Gasteiger partial charge in [-0.3, -0.25) is 14.9 Å². The van der Waals surface area contributed by atoms with Crippen LogP contribution < -0.4 is 10.5 Å². The second kappa shape index (κ2) is 11.3. The summed E-state index contributed by atoms with van der Waals surface area (Å²) in [5.41, 5.74) is 2.38. The van der Waals surface area contributed by atoms with Gasteiger partial charge in [-0.2, -0.15) is 0 Å². The fourth-order valence-corrected chi connectivity index (χ4v) is 3.62. The number of anilines is 1. The minimum Gasteiger partial charge on any atom is -0.462 e. The van der Waals surface area contributed by atoms with Crippen LogP contribution in [-0.4, -0.2) is 36.6 Å². The first-order valence-corrected chi connectivity index (χ1v) is 11.3. The lowest BCUT2D eigenvalue weighted by Crippen LogP contribution is -2.18. The molecule has 0 fully saturated rings. The minimum atomic E-state index is -0.572. The standard InChI is InChI=1S/C26H29N3O5/c1-4-5-6-7-16-34-26(31)22-17-23(18-8-14-21(15-9-18)29(32)33)27-25(30)24(22)19-10-12-20(13-11-19)28(2)3/h8-15,17H,4-7,16H2,1-3H3,(H,27,30). The van der Waals surface area contributed by atoms with Gasteiger partial charge < -0.3 is 14.6 Å². The Labute approximate surface area is 198 Å². The molecule has 0 atom stereocenters. The Morgan fingerprint density at radius 1 is 1.00 bits per heavy atom. The molecule has 0 radical (unpaired) electrons. The maximum atomic E-state index is 13.2. The molecule has 1 N–H and O–H groups in total. The van der Waals surface area contributed by atoms with Crippen LogP contribution in [0.2, 0.25) is 0 Å². The average Bonchev–Trinajstić information content (AvgIpc) is 2.83. The second-order valence-electron chi connectivity index (χ2n) is 8.24. The van der Waals surface area contributed by atoms with E-state index in [0.29, 0.717) is 16.8 Å². The number of carbonyl (C=O) groups is 1. The number of pyridine rings is 1. The first kappa shape index (κ1) is 24.7. The first-order valence-electron chi connectivity index (χ1n) is 11.3. The van der Waals surface area contributed by atoms with Crippen molar-refractivity contribution in [1.29, 1.82) is 0 Å². The highest BCUT2D eigenvalue weighted by molar-refractivity contribution is 5.98. The fourth-order valence-electron chi connectivity index (χ4n) is 3.62. The summed E-state index contributed by atoms with van der Waals surface area (Å²) in [4.78, 5) is 41.4. The number of nitrogens with one attached hydrogen (secondary N) is 1. The van der Waals surface area contributed by atoms with E-state index in [1.54, 1.807) is 18.2 Å². The van der Waals surface area contributed by atoms with Crippen molar-refractivity contribution >= 4 is 17.3 Å². The molecule has 0 aliphatic heterocycles. The van der Waals surface area contributed by atoms with Gasteiger partial charge in [0.2, 0.25) is 0 Å². The molecule has 0 aliphatic rings. The molecule has 8 nitrogen and oxygen atoms in total. The third-order valence-corrected chi connectivity index (χ3v) is 5.55. The van der Waals surface area contributed by atoms with Crippen LogP contribution in [0.4, 0.5) is 11.4 Å². The van der Waals surface area contributed by atoms with E-state index in [2.05, 4.69) is 11.9 Å². The monoisotopic (exact) mass is 463 g/mol. The minimum absolute atomic E-state index is 0.0598. The van der Waals surface area contributed by atoms with E-state index in [0.717, 1.165) is 31.4 Å². The van der Waals surface area contributed by atoms with Gasteiger partial charge in [-0.25, -0.2) is 4.79 Å². The molecule has 3 rings (SSSR count). The highest BCUT2D eigenvalue weighted by Gasteiger charge is 2.20. The Kier molecular flexibility index (Phi) is 8.19. The number of esters is 1. The number of benzene rings is 2. The Balaban J connectivity index is 2.02. The number of hydrogen-bond donors (Lipinski definition) is 1. The molecule has 0 bridgehead atoms. The zero-order chi connectivity index (χ0) is 24.7. The number of unbranched alkanes of at least 4 members (excludes halogenated alkanes) is 3. The normalized spacial score (nSPS) is 10.7. The van der Waals surface area contributed by atoms with Crippen LogP contribution in [0.1, 0.15) is 43.0 Å². The smallest absolute Gasteiger partial charge is 0.339 e. The van der Waals surface area contributed by atoms with E-state index in [4.69, 9.17) is 4.74 Å². The summed E-state index contributed by atoms with van der Waals surface area (Å²) < 4.78 is 5.51. The van der Waals surface area contributed by atoms with Crippen LogP contribution in [0.3, 0.4) is 0 Å². The van der Waals surface area contributed by atoms with Crippen LogP contribution in [0.15, 0.2) is 59.4 Å². The van der Waals surface area contributed by atoms with Gasteiger partial charge in [-0.15, -0.1) is 0 Å². The molecule has 2 aromatic carbocycles. The average molecular weight is 464 g/mol. The number of nitrogens with zero attached hydrogens (tertiary/aromatic N) is 2. The molecule has 8 heteroatoms. The van der Waals surface area contributed by atoms with Crippen molar-refractivity contribution in [3.05, 3.63) is 80.6 Å². The van der Waals surface area contributed by atoms with Crippen molar-refractivity contribution in [3.8, 4) is 22.4 Å². The highest BCUT2D eigenvalue weighted by Crippen LogP contribution is 2.27. The number of nitro groups is 1. The Morgan fingerprint density at radius 2 is 1.65 bits per heavy atom. The summed E-state index contributed by atoms with van der Waals surface area (Å²) in [7, 11) is 3.84. The molecule has 0 saturated carbocycles. The molecule has 3 aromatic rings.